The summed E-state index contributed by atoms with van der Waals surface area (Å²) in [4.78, 5) is 26.1. The summed E-state index contributed by atoms with van der Waals surface area (Å²) < 4.78 is 43.3. The third kappa shape index (κ3) is 4.39. The van der Waals surface area contributed by atoms with Gasteiger partial charge in [0, 0.05) is 42.3 Å². The lowest BCUT2D eigenvalue weighted by Crippen LogP contribution is -2.63. The number of carbonyl (C=O) groups is 1. The Bertz CT molecular complexity index is 1670. The van der Waals surface area contributed by atoms with Crippen LogP contribution in [0.5, 0.6) is 0 Å². The summed E-state index contributed by atoms with van der Waals surface area (Å²) in [6.07, 6.45) is 1.90. The van der Waals surface area contributed by atoms with E-state index in [2.05, 4.69) is 31.6 Å². The first-order valence-corrected chi connectivity index (χ1v) is 13.4. The van der Waals surface area contributed by atoms with E-state index in [0.29, 0.717) is 47.2 Å². The number of anilines is 2. The van der Waals surface area contributed by atoms with Crippen LogP contribution in [0, 0.1) is 5.92 Å². The highest BCUT2D eigenvalue weighted by molar-refractivity contribution is 6.00. The second-order valence-electron chi connectivity index (χ2n) is 11.1. The van der Waals surface area contributed by atoms with Gasteiger partial charge in [0.1, 0.15) is 29.2 Å². The number of amides is 1. The van der Waals surface area contributed by atoms with Crippen molar-refractivity contribution in [2.45, 2.75) is 51.4 Å². The highest BCUT2D eigenvalue weighted by atomic mass is 19.4. The second-order valence-corrected chi connectivity index (χ2v) is 11.1. The maximum Gasteiger partial charge on any atom is 0.410 e. The Morgan fingerprint density at radius 1 is 1.10 bits per heavy atom. The van der Waals surface area contributed by atoms with Crippen LogP contribution in [-0.4, -0.2) is 65.0 Å². The highest BCUT2D eigenvalue weighted by Gasteiger charge is 2.45. The molecule has 2 aliphatic rings. The number of aromatic nitrogens is 6. The number of carbonyl (C=O) groups excluding carboxylic acids is 1. The molecule has 1 aliphatic heterocycles. The molecule has 0 spiro atoms. The first kappa shape index (κ1) is 26.8. The van der Waals surface area contributed by atoms with Gasteiger partial charge in [-0.15, -0.1) is 0 Å². The lowest BCUT2D eigenvalue weighted by atomic mass is 9.95. The maximum absolute atomic E-state index is 13.7. The van der Waals surface area contributed by atoms with Gasteiger partial charge in [-0.1, -0.05) is 6.58 Å². The van der Waals surface area contributed by atoms with Gasteiger partial charge in [-0.05, 0) is 63.8 Å². The number of rotatable bonds is 6. The number of piperazine rings is 1. The van der Waals surface area contributed by atoms with Gasteiger partial charge in [-0.25, -0.2) is 14.5 Å². The van der Waals surface area contributed by atoms with E-state index < -0.39 is 17.8 Å². The zero-order chi connectivity index (χ0) is 29.3. The van der Waals surface area contributed by atoms with Crippen LogP contribution in [0.15, 0.2) is 55.3 Å². The first-order valence-electron chi connectivity index (χ1n) is 13.4. The number of halogens is 3. The summed E-state index contributed by atoms with van der Waals surface area (Å²) >= 11 is 0. The summed E-state index contributed by atoms with van der Waals surface area (Å²) in [5.41, 5.74) is 8.61. The Morgan fingerprint density at radius 2 is 1.85 bits per heavy atom. The molecule has 4 aromatic rings. The Morgan fingerprint density at radius 3 is 2.56 bits per heavy atom. The van der Waals surface area contributed by atoms with Crippen LogP contribution >= 0.6 is 0 Å². The molecule has 6 rings (SSSR count). The third-order valence-electron chi connectivity index (χ3n) is 8.07. The molecule has 0 unspecified atom stereocenters. The van der Waals surface area contributed by atoms with Gasteiger partial charge in [0.15, 0.2) is 5.82 Å². The molecule has 1 saturated carbocycles. The standard InChI is InChI=1S/C28H30F3N9O/c1-16(18-5-6-18)38-12-11-37(26(41)27(38,3)4)23-13-19(7-9-33-23)22-14-20(24-25(32)34-15-36-40(22)24)21-8-10-35-39(21)17(2)28(29,30)31/h7-10,13-15,17-18H,1,5-6,11-12H2,2-4H3,(H2,32,34,36)/t17-/m1/s1. The number of nitrogens with zero attached hydrogens (tertiary/aromatic N) is 8. The van der Waals surface area contributed by atoms with Crippen molar-refractivity contribution in [3.8, 4) is 22.5 Å². The van der Waals surface area contributed by atoms with E-state index in [0.717, 1.165) is 30.1 Å². The molecule has 10 nitrogen and oxygen atoms in total. The van der Waals surface area contributed by atoms with Gasteiger partial charge in [0.25, 0.3) is 5.91 Å². The maximum atomic E-state index is 13.7. The molecule has 2 N–H and O–H groups in total. The van der Waals surface area contributed by atoms with Crippen molar-refractivity contribution in [1.82, 2.24) is 34.3 Å². The Kier molecular flexibility index (Phi) is 6.09. The third-order valence-corrected chi connectivity index (χ3v) is 8.07. The minimum Gasteiger partial charge on any atom is -0.382 e. The molecule has 214 valence electrons. The van der Waals surface area contributed by atoms with Crippen LogP contribution in [0.25, 0.3) is 28.0 Å². The molecule has 1 amide bonds. The van der Waals surface area contributed by atoms with Crippen molar-refractivity contribution in [2.24, 2.45) is 5.92 Å². The van der Waals surface area contributed by atoms with Crippen LogP contribution < -0.4 is 10.6 Å². The summed E-state index contributed by atoms with van der Waals surface area (Å²) in [5, 5.41) is 8.31. The summed E-state index contributed by atoms with van der Waals surface area (Å²) in [5.74, 6) is 0.919. The van der Waals surface area contributed by atoms with Crippen molar-refractivity contribution in [2.75, 3.05) is 23.7 Å². The smallest absolute Gasteiger partial charge is 0.382 e. The van der Waals surface area contributed by atoms with E-state index in [1.165, 1.54) is 23.1 Å². The predicted octanol–water partition coefficient (Wildman–Crippen LogP) is 4.71. The largest absolute Gasteiger partial charge is 0.410 e. The number of fused-ring (bicyclic) bond motifs is 1. The molecule has 2 fully saturated rings. The van der Waals surface area contributed by atoms with E-state index in [-0.39, 0.29) is 17.4 Å². The second kappa shape index (κ2) is 9.32. The Hall–Kier alpha value is -4.42. The molecule has 1 atom stereocenters. The topological polar surface area (TPSA) is 110 Å². The fourth-order valence-corrected chi connectivity index (χ4v) is 5.55. The summed E-state index contributed by atoms with van der Waals surface area (Å²) in [6, 6.07) is 4.87. The van der Waals surface area contributed by atoms with Gasteiger partial charge in [-0.3, -0.25) is 14.4 Å². The van der Waals surface area contributed by atoms with Crippen molar-refractivity contribution < 1.29 is 18.0 Å². The summed E-state index contributed by atoms with van der Waals surface area (Å²) in [6.45, 7) is 10.2. The van der Waals surface area contributed by atoms with Gasteiger partial charge < -0.3 is 10.6 Å². The molecule has 41 heavy (non-hydrogen) atoms. The lowest BCUT2D eigenvalue weighted by Gasteiger charge is -2.47. The van der Waals surface area contributed by atoms with Gasteiger partial charge in [-0.2, -0.15) is 23.4 Å². The number of nitrogen functional groups attached to an aromatic ring is 1. The van der Waals surface area contributed by atoms with Crippen LogP contribution in [0.4, 0.5) is 24.8 Å². The van der Waals surface area contributed by atoms with Crippen LogP contribution in [-0.2, 0) is 4.79 Å². The molecular weight excluding hydrogens is 535 g/mol. The zero-order valence-corrected chi connectivity index (χ0v) is 22.9. The SMILES string of the molecule is C=C(C1CC1)N1CCN(c2cc(-c3cc(-c4ccnn4[C@H](C)C(F)(F)F)c4c(N)ncnn34)ccn2)C(=O)C1(C)C. The lowest BCUT2D eigenvalue weighted by molar-refractivity contribution is -0.165. The highest BCUT2D eigenvalue weighted by Crippen LogP contribution is 2.42. The molecular formula is C28H30F3N9O. The Labute approximate surface area is 234 Å². The number of hydrogen-bond acceptors (Lipinski definition) is 7. The Balaban J connectivity index is 1.41. The van der Waals surface area contributed by atoms with Gasteiger partial charge in [0.2, 0.25) is 0 Å². The van der Waals surface area contributed by atoms with E-state index in [1.807, 2.05) is 13.8 Å². The number of hydrogen-bond donors (Lipinski definition) is 1. The zero-order valence-electron chi connectivity index (χ0n) is 22.9. The fourth-order valence-electron chi connectivity index (χ4n) is 5.55. The van der Waals surface area contributed by atoms with E-state index in [9.17, 15) is 18.0 Å². The van der Waals surface area contributed by atoms with Crippen LogP contribution in [0.3, 0.4) is 0 Å². The van der Waals surface area contributed by atoms with E-state index in [1.54, 1.807) is 29.3 Å². The number of nitrogens with two attached hydrogens (primary N) is 1. The number of alkyl halides is 3. The number of pyridine rings is 1. The quantitative estimate of drug-likeness (QED) is 0.361. The molecule has 4 aromatic heterocycles. The molecule has 0 radical (unpaired) electrons. The minimum atomic E-state index is -4.50. The predicted molar refractivity (Wildman–Crippen MR) is 148 cm³/mol. The monoisotopic (exact) mass is 565 g/mol. The fraction of sp³-hybridized carbons (Fsp3) is 0.393. The van der Waals surface area contributed by atoms with Crippen molar-refractivity contribution in [1.29, 1.82) is 0 Å². The average Bonchev–Trinajstić information content (AvgIpc) is 3.54. The van der Waals surface area contributed by atoms with E-state index >= 15 is 0 Å². The van der Waals surface area contributed by atoms with Crippen molar-refractivity contribution in [3.63, 3.8) is 0 Å². The van der Waals surface area contributed by atoms with E-state index in [4.69, 9.17) is 5.73 Å². The summed E-state index contributed by atoms with van der Waals surface area (Å²) in [7, 11) is 0. The van der Waals surface area contributed by atoms with Crippen LogP contribution in [0.1, 0.15) is 39.7 Å². The average molecular weight is 566 g/mol. The van der Waals surface area contributed by atoms with Crippen molar-refractivity contribution >= 4 is 23.1 Å². The normalized spacial score (nSPS) is 18.2. The number of allylic oxidation sites excluding steroid dienone is 1. The van der Waals surface area contributed by atoms with Gasteiger partial charge in [0.05, 0.1) is 11.4 Å². The molecule has 13 heteroatoms. The minimum absolute atomic E-state index is 0.0903. The molecule has 1 aliphatic carbocycles. The van der Waals surface area contributed by atoms with Gasteiger partial charge >= 0.3 is 6.18 Å². The molecule has 1 saturated heterocycles. The molecule has 5 heterocycles. The molecule has 0 bridgehead atoms. The first-order chi connectivity index (χ1) is 19.4. The molecule has 0 aromatic carbocycles. The van der Waals surface area contributed by atoms with Crippen LogP contribution in [0.2, 0.25) is 0 Å². The van der Waals surface area contributed by atoms with Crippen molar-refractivity contribution in [3.05, 3.63) is 55.3 Å².